The molecule has 1 N–H and O–H groups in total. The maximum Gasteiger partial charge on any atom is 0.338 e. The minimum atomic E-state index is -0.839. The van der Waals surface area contributed by atoms with E-state index in [0.717, 1.165) is 0 Å². The number of nitrogens with one attached hydrogen (secondary N) is 1. The molecule has 1 heterocycles. The monoisotopic (exact) mass is 304 g/mol. The SMILES string of the molecule is CCOC(=O)C1=C(C)NC([O-])=N[C@@H]1c1ccc([N+](=O)[O-])cc1. The number of carbonyl (C=O) groups is 1. The molecule has 0 radical (unpaired) electrons. The highest BCUT2D eigenvalue weighted by Crippen LogP contribution is 2.31. The van der Waals surface area contributed by atoms with Crippen molar-refractivity contribution < 1.29 is 19.6 Å². The highest BCUT2D eigenvalue weighted by Gasteiger charge is 2.28. The molecule has 116 valence electrons. The third-order valence-electron chi connectivity index (χ3n) is 3.13. The molecule has 8 nitrogen and oxygen atoms in total. The number of ether oxygens (including phenoxy) is 1. The second-order valence-corrected chi connectivity index (χ2v) is 4.57. The maximum absolute atomic E-state index is 12.1. The lowest BCUT2D eigenvalue weighted by atomic mass is 9.96. The molecule has 0 unspecified atom stereocenters. The lowest BCUT2D eigenvalue weighted by Gasteiger charge is -2.28. The van der Waals surface area contributed by atoms with Crippen LogP contribution in [0.2, 0.25) is 0 Å². The van der Waals surface area contributed by atoms with E-state index in [2.05, 4.69) is 10.3 Å². The van der Waals surface area contributed by atoms with Crippen LogP contribution in [0, 0.1) is 10.1 Å². The number of hydrogen-bond acceptors (Lipinski definition) is 7. The molecular weight excluding hydrogens is 290 g/mol. The molecule has 0 spiro atoms. The van der Waals surface area contributed by atoms with Gasteiger partial charge in [0.1, 0.15) is 6.04 Å². The van der Waals surface area contributed by atoms with Crippen molar-refractivity contribution in [3.8, 4) is 0 Å². The number of carbonyl (C=O) groups excluding carboxylic acids is 1. The van der Waals surface area contributed by atoms with Crippen molar-refractivity contribution in [2.45, 2.75) is 19.9 Å². The summed E-state index contributed by atoms with van der Waals surface area (Å²) in [6.45, 7) is 3.45. The Labute approximate surface area is 126 Å². The van der Waals surface area contributed by atoms with E-state index in [0.29, 0.717) is 11.3 Å². The lowest BCUT2D eigenvalue weighted by molar-refractivity contribution is -0.384. The Balaban J connectivity index is 2.42. The summed E-state index contributed by atoms with van der Waals surface area (Å²) in [7, 11) is 0. The van der Waals surface area contributed by atoms with Gasteiger partial charge in [0.05, 0.1) is 23.1 Å². The van der Waals surface area contributed by atoms with Gasteiger partial charge in [-0.1, -0.05) is 0 Å². The number of non-ortho nitro benzene ring substituents is 1. The van der Waals surface area contributed by atoms with Gasteiger partial charge < -0.3 is 15.2 Å². The number of amidine groups is 1. The number of nitro benzene ring substituents is 1. The Hall–Kier alpha value is -2.90. The van der Waals surface area contributed by atoms with Crippen molar-refractivity contribution in [3.63, 3.8) is 0 Å². The third kappa shape index (κ3) is 3.05. The van der Waals surface area contributed by atoms with Gasteiger partial charge in [0.2, 0.25) is 0 Å². The van der Waals surface area contributed by atoms with Crippen LogP contribution in [-0.4, -0.2) is 23.5 Å². The summed E-state index contributed by atoms with van der Waals surface area (Å²) in [5.74, 6) is -0.577. The van der Waals surface area contributed by atoms with Crippen LogP contribution in [0.3, 0.4) is 0 Å². The van der Waals surface area contributed by atoms with Crippen molar-refractivity contribution in [1.29, 1.82) is 0 Å². The summed E-state index contributed by atoms with van der Waals surface area (Å²) in [4.78, 5) is 26.1. The highest BCUT2D eigenvalue weighted by molar-refractivity contribution is 5.93. The fourth-order valence-corrected chi connectivity index (χ4v) is 2.14. The van der Waals surface area contributed by atoms with Crippen molar-refractivity contribution >= 4 is 17.7 Å². The maximum atomic E-state index is 12.1. The van der Waals surface area contributed by atoms with Crippen LogP contribution >= 0.6 is 0 Å². The van der Waals surface area contributed by atoms with Crippen LogP contribution in [-0.2, 0) is 9.53 Å². The molecule has 8 heteroatoms. The van der Waals surface area contributed by atoms with E-state index in [1.54, 1.807) is 13.8 Å². The number of rotatable bonds is 4. The fourth-order valence-electron chi connectivity index (χ4n) is 2.14. The largest absolute Gasteiger partial charge is 0.846 e. The zero-order valence-corrected chi connectivity index (χ0v) is 12.0. The van der Waals surface area contributed by atoms with Gasteiger partial charge in [0.15, 0.2) is 0 Å². The number of benzene rings is 1. The van der Waals surface area contributed by atoms with E-state index in [-0.39, 0.29) is 17.9 Å². The van der Waals surface area contributed by atoms with E-state index in [4.69, 9.17) is 4.74 Å². The van der Waals surface area contributed by atoms with E-state index in [1.807, 2.05) is 0 Å². The minimum absolute atomic E-state index is 0.0811. The Bertz CT molecular complexity index is 664. The second kappa shape index (κ2) is 6.25. The first kappa shape index (κ1) is 15.5. The molecule has 0 saturated heterocycles. The van der Waals surface area contributed by atoms with Crippen LogP contribution in [0.15, 0.2) is 40.5 Å². The molecule has 1 aliphatic heterocycles. The molecule has 2 rings (SSSR count). The molecule has 0 bridgehead atoms. The summed E-state index contributed by atoms with van der Waals surface area (Å²) in [6, 6.07) is 4.13. The lowest BCUT2D eigenvalue weighted by Crippen LogP contribution is -2.39. The van der Waals surface area contributed by atoms with E-state index in [1.165, 1.54) is 24.3 Å². The molecule has 1 aromatic carbocycles. The van der Waals surface area contributed by atoms with Crippen LogP contribution in [0.5, 0.6) is 0 Å². The first-order valence-electron chi connectivity index (χ1n) is 6.58. The van der Waals surface area contributed by atoms with Gasteiger partial charge in [0, 0.05) is 17.8 Å². The first-order chi connectivity index (χ1) is 10.4. The molecule has 0 amide bonds. The van der Waals surface area contributed by atoms with Gasteiger partial charge in [-0.05, 0) is 31.5 Å². The van der Waals surface area contributed by atoms with Gasteiger partial charge in [-0.15, -0.1) is 0 Å². The molecular formula is C14H14N3O5-. The van der Waals surface area contributed by atoms with E-state index < -0.39 is 23.0 Å². The molecule has 1 atom stereocenters. The average Bonchev–Trinajstić information content (AvgIpc) is 2.46. The zero-order chi connectivity index (χ0) is 16.3. The standard InChI is InChI=1S/C14H15N3O5/c1-3-22-13(18)11-8(2)15-14(19)16-12(11)9-4-6-10(7-5-9)17(20)21/h4-7,12H,3H2,1-2H3,(H2,15,16,19)/p-1/t12-/m1/s1. The summed E-state index contributed by atoms with van der Waals surface area (Å²) < 4.78 is 4.98. The normalized spacial score (nSPS) is 17.5. The van der Waals surface area contributed by atoms with Gasteiger partial charge in [0.25, 0.3) is 5.69 Å². The quantitative estimate of drug-likeness (QED) is 0.499. The van der Waals surface area contributed by atoms with Crippen molar-refractivity contribution in [2.24, 2.45) is 4.99 Å². The number of hydrogen-bond donors (Lipinski definition) is 1. The summed E-state index contributed by atoms with van der Waals surface area (Å²) >= 11 is 0. The van der Waals surface area contributed by atoms with Gasteiger partial charge >= 0.3 is 5.97 Å². The van der Waals surface area contributed by atoms with Crippen molar-refractivity contribution in [3.05, 3.63) is 51.2 Å². The summed E-state index contributed by atoms with van der Waals surface area (Å²) in [5, 5.41) is 24.7. The van der Waals surface area contributed by atoms with Gasteiger partial charge in [-0.25, -0.2) is 4.79 Å². The molecule has 1 aliphatic rings. The molecule has 0 fully saturated rings. The van der Waals surface area contributed by atoms with E-state index >= 15 is 0 Å². The highest BCUT2D eigenvalue weighted by atomic mass is 16.6. The van der Waals surface area contributed by atoms with Crippen molar-refractivity contribution in [2.75, 3.05) is 6.61 Å². The zero-order valence-electron chi connectivity index (χ0n) is 12.0. The predicted octanol–water partition coefficient (Wildman–Crippen LogP) is 0.793. The van der Waals surface area contributed by atoms with Crippen LogP contribution in [0.1, 0.15) is 25.5 Å². The molecule has 0 saturated carbocycles. The molecule has 22 heavy (non-hydrogen) atoms. The minimum Gasteiger partial charge on any atom is -0.846 e. The number of nitrogens with zero attached hydrogens (tertiary/aromatic N) is 2. The van der Waals surface area contributed by atoms with Gasteiger partial charge in [-0.2, -0.15) is 0 Å². The van der Waals surface area contributed by atoms with Gasteiger partial charge in [-0.3, -0.25) is 15.1 Å². The van der Waals surface area contributed by atoms with E-state index in [9.17, 15) is 20.0 Å². The second-order valence-electron chi connectivity index (χ2n) is 4.57. The number of aliphatic imine (C=N–C) groups is 1. The fraction of sp³-hybridized carbons (Fsp3) is 0.286. The first-order valence-corrected chi connectivity index (χ1v) is 6.58. The van der Waals surface area contributed by atoms with Crippen molar-refractivity contribution in [1.82, 2.24) is 5.32 Å². The smallest absolute Gasteiger partial charge is 0.338 e. The Morgan fingerprint density at radius 1 is 1.41 bits per heavy atom. The molecule has 0 aromatic heterocycles. The average molecular weight is 304 g/mol. The molecule has 1 aromatic rings. The Morgan fingerprint density at radius 3 is 2.59 bits per heavy atom. The number of esters is 1. The summed E-state index contributed by atoms with van der Waals surface area (Å²) in [5.41, 5.74) is 1.00. The summed E-state index contributed by atoms with van der Waals surface area (Å²) in [6.07, 6.45) is 0. The Kier molecular flexibility index (Phi) is 4.40. The van der Waals surface area contributed by atoms with Crippen LogP contribution in [0.4, 0.5) is 5.69 Å². The topological polar surface area (TPSA) is 117 Å². The predicted molar refractivity (Wildman–Crippen MR) is 75.7 cm³/mol. The van der Waals surface area contributed by atoms with Crippen LogP contribution < -0.4 is 10.4 Å². The van der Waals surface area contributed by atoms with Crippen LogP contribution in [0.25, 0.3) is 0 Å². The molecule has 0 aliphatic carbocycles. The third-order valence-corrected chi connectivity index (χ3v) is 3.13. The number of nitro groups is 1. The number of allylic oxidation sites excluding steroid dienone is 1. The Morgan fingerprint density at radius 2 is 2.05 bits per heavy atom.